The highest BCUT2D eigenvalue weighted by atomic mass is 32.2. The van der Waals surface area contributed by atoms with Crippen LogP contribution in [0, 0.1) is 5.82 Å². The van der Waals surface area contributed by atoms with Gasteiger partial charge in [0.05, 0.1) is 37.4 Å². The molecule has 1 aliphatic heterocycles. The van der Waals surface area contributed by atoms with E-state index in [1.165, 1.54) is 47.4 Å². The molecule has 1 unspecified atom stereocenters. The monoisotopic (exact) mass is 487 g/mol. The van der Waals surface area contributed by atoms with Crippen LogP contribution in [0.25, 0.3) is 10.8 Å². The van der Waals surface area contributed by atoms with E-state index in [2.05, 4.69) is 16.0 Å². The maximum atomic E-state index is 13.6. The van der Waals surface area contributed by atoms with Crippen LogP contribution in [-0.2, 0) is 20.7 Å². The molecule has 1 amide bonds. The normalized spacial score (nSPS) is 19.9. The van der Waals surface area contributed by atoms with Crippen LogP contribution in [0.4, 0.5) is 4.39 Å². The number of fused-ring (bicyclic) bond motifs is 3. The van der Waals surface area contributed by atoms with Gasteiger partial charge in [-0.3, -0.25) is 18.8 Å². The minimum absolute atomic E-state index is 0.113. The number of carbonyl (C=O) groups is 2. The van der Waals surface area contributed by atoms with Crippen LogP contribution in [0.1, 0.15) is 29.8 Å². The Labute approximate surface area is 198 Å². The molecule has 1 N–H and O–H groups in total. The third kappa shape index (κ3) is 4.74. The van der Waals surface area contributed by atoms with Crippen LogP contribution >= 0.6 is 23.3 Å². The van der Waals surface area contributed by atoms with Crippen molar-refractivity contribution in [1.82, 2.24) is 14.2 Å². The molecule has 1 saturated heterocycles. The summed E-state index contributed by atoms with van der Waals surface area (Å²) in [5, 5.41) is 12.6. The molecular weight excluding hydrogens is 465 g/mol. The highest BCUT2D eigenvalue weighted by molar-refractivity contribution is 7.99. The summed E-state index contributed by atoms with van der Waals surface area (Å²) in [5.74, 6) is -1.28. The minimum Gasteiger partial charge on any atom is -0.481 e. The topological polar surface area (TPSA) is 83.0 Å². The van der Waals surface area contributed by atoms with Gasteiger partial charge in [-0.05, 0) is 34.0 Å². The second-order valence-corrected chi connectivity index (χ2v) is 10.3. The van der Waals surface area contributed by atoms with E-state index in [-0.39, 0.29) is 30.3 Å². The van der Waals surface area contributed by atoms with E-state index in [0.29, 0.717) is 29.7 Å². The highest BCUT2D eigenvalue weighted by Crippen LogP contribution is 2.50. The number of hydrogen-bond acceptors (Lipinski definition) is 7. The number of carboxylic acid groups (broad SMARTS) is 1. The van der Waals surface area contributed by atoms with Crippen molar-refractivity contribution in [2.45, 2.75) is 29.8 Å². The molecule has 172 valence electrons. The number of morpholine rings is 1. The van der Waals surface area contributed by atoms with Crippen LogP contribution in [0.15, 0.2) is 40.1 Å². The number of amides is 1. The fraction of sp³-hybridized carbons (Fsp3) is 0.348. The van der Waals surface area contributed by atoms with Gasteiger partial charge in [0, 0.05) is 37.3 Å². The van der Waals surface area contributed by atoms with E-state index in [0.717, 1.165) is 17.3 Å². The summed E-state index contributed by atoms with van der Waals surface area (Å²) in [6.45, 7) is 3.93. The number of aliphatic carboxylic acids is 1. The molecule has 2 heterocycles. The van der Waals surface area contributed by atoms with Gasteiger partial charge in [-0.2, -0.15) is 0 Å². The van der Waals surface area contributed by atoms with E-state index in [1.807, 2.05) is 12.1 Å². The van der Waals surface area contributed by atoms with Crippen molar-refractivity contribution < 1.29 is 23.8 Å². The zero-order chi connectivity index (χ0) is 23.1. The zero-order valence-corrected chi connectivity index (χ0v) is 19.5. The molecule has 1 aromatic heterocycles. The van der Waals surface area contributed by atoms with Crippen molar-refractivity contribution in [3.05, 3.63) is 58.3 Å². The van der Waals surface area contributed by atoms with E-state index < -0.39 is 5.97 Å². The molecule has 0 bridgehead atoms. The predicted molar refractivity (Wildman–Crippen MR) is 124 cm³/mol. The summed E-state index contributed by atoms with van der Waals surface area (Å²) in [6, 6.07) is 9.16. The SMILES string of the molecule is CC(=O)N(C[C@@H]1CN(C2c3ccc4cc(F)ccc4c32)CCO1)Sc1nc(CC(=O)O)cs1. The quantitative estimate of drug-likeness (QED) is 0.509. The lowest BCUT2D eigenvalue weighted by Crippen LogP contribution is -2.46. The fourth-order valence-electron chi connectivity index (χ4n) is 4.35. The van der Waals surface area contributed by atoms with Gasteiger partial charge in [0.15, 0.2) is 4.34 Å². The van der Waals surface area contributed by atoms with Crippen LogP contribution in [0.5, 0.6) is 0 Å². The molecule has 33 heavy (non-hydrogen) atoms. The fourth-order valence-corrected chi connectivity index (χ4v) is 6.19. The molecule has 0 radical (unpaired) electrons. The number of hydrogen-bond donors (Lipinski definition) is 1. The molecule has 1 fully saturated rings. The average Bonchev–Trinajstić information content (AvgIpc) is 3.36. The second-order valence-electron chi connectivity index (χ2n) is 8.17. The average molecular weight is 488 g/mol. The number of carboxylic acids is 1. The molecule has 5 rings (SSSR count). The van der Waals surface area contributed by atoms with Crippen molar-refractivity contribution in [2.75, 3.05) is 26.2 Å². The number of halogens is 1. The van der Waals surface area contributed by atoms with Crippen molar-refractivity contribution in [3.8, 4) is 0 Å². The van der Waals surface area contributed by atoms with Gasteiger partial charge in [0.2, 0.25) is 5.91 Å². The van der Waals surface area contributed by atoms with E-state index in [1.54, 1.807) is 15.8 Å². The lowest BCUT2D eigenvalue weighted by molar-refractivity contribution is -0.136. The van der Waals surface area contributed by atoms with E-state index >= 15 is 0 Å². The number of carbonyl (C=O) groups excluding carboxylic acids is 1. The zero-order valence-electron chi connectivity index (χ0n) is 17.9. The van der Waals surface area contributed by atoms with E-state index in [9.17, 15) is 14.0 Å². The maximum Gasteiger partial charge on any atom is 0.309 e. The standard InChI is InChI=1S/C23H22FN3O4S2/c1-13(28)27(33-23-25-16(12-32-23)9-20(29)30)11-17-10-26(6-7-31-17)22-19-4-2-14-8-15(24)3-5-18(14)21(19)22/h2-5,8,12,17,22H,6-7,9-11H2,1H3,(H,29,30)/t17-,22?/m0/s1. The Kier molecular flexibility index (Phi) is 6.09. The predicted octanol–water partition coefficient (Wildman–Crippen LogP) is 3.72. The summed E-state index contributed by atoms with van der Waals surface area (Å²) in [6.07, 6.45) is -0.296. The number of aromatic nitrogens is 1. The number of thiazole rings is 1. The molecule has 0 spiro atoms. The third-order valence-electron chi connectivity index (χ3n) is 5.85. The lowest BCUT2D eigenvalue weighted by atomic mass is 10.1. The van der Waals surface area contributed by atoms with Gasteiger partial charge >= 0.3 is 5.97 Å². The molecule has 7 nitrogen and oxygen atoms in total. The van der Waals surface area contributed by atoms with Crippen molar-refractivity contribution in [3.63, 3.8) is 0 Å². The first-order chi connectivity index (χ1) is 15.9. The number of rotatable bonds is 7. The largest absolute Gasteiger partial charge is 0.481 e. The molecule has 3 aromatic rings. The van der Waals surface area contributed by atoms with Crippen LogP contribution in [0.3, 0.4) is 0 Å². The summed E-state index contributed by atoms with van der Waals surface area (Å²) in [5.41, 5.74) is 3.00. The Balaban J connectivity index is 1.25. The van der Waals surface area contributed by atoms with Gasteiger partial charge in [-0.1, -0.05) is 18.2 Å². The lowest BCUT2D eigenvalue weighted by Gasteiger charge is -2.35. The van der Waals surface area contributed by atoms with Crippen LogP contribution in [-0.4, -0.2) is 63.5 Å². The van der Waals surface area contributed by atoms with E-state index in [4.69, 9.17) is 9.84 Å². The highest BCUT2D eigenvalue weighted by Gasteiger charge is 2.41. The second kappa shape index (κ2) is 9.02. The van der Waals surface area contributed by atoms with Gasteiger partial charge in [-0.15, -0.1) is 11.3 Å². The Morgan fingerprint density at radius 1 is 1.36 bits per heavy atom. The Bertz CT molecular complexity index is 1230. The Morgan fingerprint density at radius 2 is 2.21 bits per heavy atom. The summed E-state index contributed by atoms with van der Waals surface area (Å²) < 4.78 is 21.8. The molecule has 10 heteroatoms. The molecule has 0 saturated carbocycles. The molecular formula is C23H22FN3O4S2. The van der Waals surface area contributed by atoms with Crippen LogP contribution < -0.4 is 0 Å². The minimum atomic E-state index is -0.935. The molecule has 1 aliphatic carbocycles. The summed E-state index contributed by atoms with van der Waals surface area (Å²) in [4.78, 5) is 29.8. The Hall–Kier alpha value is -2.53. The summed E-state index contributed by atoms with van der Waals surface area (Å²) in [7, 11) is 0. The molecule has 2 aliphatic rings. The summed E-state index contributed by atoms with van der Waals surface area (Å²) >= 11 is 2.54. The number of nitrogens with zero attached hydrogens (tertiary/aromatic N) is 3. The molecule has 2 atom stereocenters. The first kappa shape index (κ1) is 22.3. The maximum absolute atomic E-state index is 13.6. The first-order valence-electron chi connectivity index (χ1n) is 10.6. The first-order valence-corrected chi connectivity index (χ1v) is 12.2. The van der Waals surface area contributed by atoms with Crippen molar-refractivity contribution in [2.24, 2.45) is 0 Å². The van der Waals surface area contributed by atoms with Gasteiger partial charge in [0.25, 0.3) is 0 Å². The number of benzene rings is 2. The van der Waals surface area contributed by atoms with Crippen molar-refractivity contribution >= 4 is 45.9 Å². The van der Waals surface area contributed by atoms with Gasteiger partial charge in [0.1, 0.15) is 5.82 Å². The van der Waals surface area contributed by atoms with Gasteiger partial charge < -0.3 is 9.84 Å². The van der Waals surface area contributed by atoms with Crippen molar-refractivity contribution in [1.29, 1.82) is 0 Å². The smallest absolute Gasteiger partial charge is 0.309 e. The van der Waals surface area contributed by atoms with Crippen LogP contribution in [0.2, 0.25) is 0 Å². The number of ether oxygens (including phenoxy) is 1. The Morgan fingerprint density at radius 3 is 3.00 bits per heavy atom. The van der Waals surface area contributed by atoms with Gasteiger partial charge in [-0.25, -0.2) is 9.37 Å². The molecule has 2 aromatic carbocycles. The third-order valence-corrected chi connectivity index (χ3v) is 7.92.